The van der Waals surface area contributed by atoms with Crippen molar-refractivity contribution in [3.63, 3.8) is 0 Å². The van der Waals surface area contributed by atoms with E-state index in [1.54, 1.807) is 10.1 Å². The molecule has 3 rings (SSSR count). The highest BCUT2D eigenvalue weighted by Gasteiger charge is 2.12. The molecular formula is C15H17N7OS. The number of aryl methyl sites for hydroxylation is 1. The van der Waals surface area contributed by atoms with Gasteiger partial charge < -0.3 is 11.1 Å². The molecule has 0 saturated carbocycles. The zero-order valence-corrected chi connectivity index (χ0v) is 14.0. The van der Waals surface area contributed by atoms with E-state index >= 15 is 0 Å². The molecule has 3 N–H and O–H groups in total. The van der Waals surface area contributed by atoms with Crippen molar-refractivity contribution in [3.8, 4) is 11.4 Å². The molecule has 1 amide bonds. The molecule has 0 aliphatic rings. The van der Waals surface area contributed by atoms with E-state index in [2.05, 4.69) is 25.8 Å². The number of amides is 1. The summed E-state index contributed by atoms with van der Waals surface area (Å²) in [5.74, 6) is 0.411. The van der Waals surface area contributed by atoms with Gasteiger partial charge in [0.15, 0.2) is 5.82 Å². The molecule has 3 aromatic rings. The van der Waals surface area contributed by atoms with Crippen LogP contribution < -0.4 is 11.1 Å². The van der Waals surface area contributed by atoms with Gasteiger partial charge in [-0.15, -0.1) is 16.4 Å². The summed E-state index contributed by atoms with van der Waals surface area (Å²) in [5.41, 5.74) is 7.40. The third-order valence-corrected chi connectivity index (χ3v) is 4.26. The summed E-state index contributed by atoms with van der Waals surface area (Å²) in [7, 11) is 0. The van der Waals surface area contributed by atoms with E-state index in [-0.39, 0.29) is 5.91 Å². The van der Waals surface area contributed by atoms with Crippen molar-refractivity contribution in [2.45, 2.75) is 19.9 Å². The van der Waals surface area contributed by atoms with Crippen LogP contribution in [0.4, 0.5) is 5.69 Å². The number of hydrogen-bond acceptors (Lipinski definition) is 7. The molecular weight excluding hydrogens is 326 g/mol. The van der Waals surface area contributed by atoms with E-state index < -0.39 is 0 Å². The maximum absolute atomic E-state index is 12.3. The molecule has 0 bridgehead atoms. The van der Waals surface area contributed by atoms with Crippen LogP contribution >= 0.6 is 11.3 Å². The lowest BCUT2D eigenvalue weighted by Gasteiger charge is -2.06. The second-order valence-electron chi connectivity index (χ2n) is 5.02. The number of nitrogens with one attached hydrogen (secondary N) is 1. The van der Waals surface area contributed by atoms with Gasteiger partial charge in [0, 0.05) is 29.6 Å². The Balaban J connectivity index is 1.78. The summed E-state index contributed by atoms with van der Waals surface area (Å²) >= 11 is 1.44. The SMILES string of the molecule is CCn1nnnc1-c1cccc(NC(=O)c2csc(CCN)n2)c1. The van der Waals surface area contributed by atoms with Gasteiger partial charge in [-0.3, -0.25) is 4.79 Å². The number of anilines is 1. The van der Waals surface area contributed by atoms with Crippen LogP contribution in [0.25, 0.3) is 11.4 Å². The van der Waals surface area contributed by atoms with Crippen molar-refractivity contribution in [3.05, 3.63) is 40.3 Å². The van der Waals surface area contributed by atoms with Gasteiger partial charge in [-0.25, -0.2) is 9.67 Å². The van der Waals surface area contributed by atoms with Crippen LogP contribution in [0, 0.1) is 0 Å². The van der Waals surface area contributed by atoms with E-state index in [9.17, 15) is 4.79 Å². The first-order valence-corrected chi connectivity index (χ1v) is 8.41. The fourth-order valence-corrected chi connectivity index (χ4v) is 3.00. The van der Waals surface area contributed by atoms with Crippen LogP contribution in [-0.2, 0) is 13.0 Å². The maximum atomic E-state index is 12.3. The van der Waals surface area contributed by atoms with Crippen molar-refractivity contribution < 1.29 is 4.79 Å². The van der Waals surface area contributed by atoms with Gasteiger partial charge in [0.25, 0.3) is 5.91 Å². The Hall–Kier alpha value is -2.65. The number of carbonyl (C=O) groups excluding carboxylic acids is 1. The summed E-state index contributed by atoms with van der Waals surface area (Å²) < 4.78 is 1.69. The number of tetrazole rings is 1. The minimum absolute atomic E-state index is 0.248. The first kappa shape index (κ1) is 16.2. The van der Waals surface area contributed by atoms with Crippen LogP contribution in [-0.4, -0.2) is 37.6 Å². The minimum atomic E-state index is -0.248. The van der Waals surface area contributed by atoms with Crippen LogP contribution in [0.1, 0.15) is 22.4 Å². The predicted octanol–water partition coefficient (Wildman–Crippen LogP) is 1.57. The molecule has 0 atom stereocenters. The van der Waals surface area contributed by atoms with Crippen LogP contribution in [0.3, 0.4) is 0 Å². The van der Waals surface area contributed by atoms with E-state index in [0.717, 1.165) is 10.6 Å². The average Bonchev–Trinajstić information content (AvgIpc) is 3.24. The summed E-state index contributed by atoms with van der Waals surface area (Å²) in [5, 5.41) is 17.1. The molecule has 2 heterocycles. The predicted molar refractivity (Wildman–Crippen MR) is 91.8 cm³/mol. The Kier molecular flexibility index (Phi) is 4.92. The molecule has 2 aromatic heterocycles. The standard InChI is InChI=1S/C15H17N7OS/c1-2-22-14(19-20-21-22)10-4-3-5-11(8-10)17-15(23)12-9-24-13(18-12)6-7-16/h3-5,8-9H,2,6-7,16H2,1H3,(H,17,23). The van der Waals surface area contributed by atoms with Gasteiger partial charge in [-0.1, -0.05) is 12.1 Å². The van der Waals surface area contributed by atoms with Crippen molar-refractivity contribution in [2.75, 3.05) is 11.9 Å². The molecule has 0 aliphatic carbocycles. The molecule has 0 radical (unpaired) electrons. The minimum Gasteiger partial charge on any atom is -0.330 e. The molecule has 0 saturated heterocycles. The van der Waals surface area contributed by atoms with Gasteiger partial charge in [-0.05, 0) is 36.0 Å². The summed E-state index contributed by atoms with van der Waals surface area (Å²) in [4.78, 5) is 16.6. The third-order valence-electron chi connectivity index (χ3n) is 3.35. The molecule has 0 unspecified atom stereocenters. The topological polar surface area (TPSA) is 112 Å². The number of thiazole rings is 1. The van der Waals surface area contributed by atoms with Gasteiger partial charge >= 0.3 is 0 Å². The average molecular weight is 343 g/mol. The van der Waals surface area contributed by atoms with E-state index in [0.29, 0.717) is 36.7 Å². The molecule has 1 aromatic carbocycles. The Morgan fingerprint density at radius 2 is 2.29 bits per heavy atom. The molecule has 0 aliphatic heterocycles. The highest BCUT2D eigenvalue weighted by atomic mass is 32.1. The number of nitrogens with zero attached hydrogens (tertiary/aromatic N) is 5. The second-order valence-corrected chi connectivity index (χ2v) is 5.96. The summed E-state index contributed by atoms with van der Waals surface area (Å²) in [6.07, 6.45) is 0.674. The molecule has 24 heavy (non-hydrogen) atoms. The molecule has 0 fully saturated rings. The Bertz CT molecular complexity index is 842. The fourth-order valence-electron chi connectivity index (χ4n) is 2.21. The number of hydrogen-bond donors (Lipinski definition) is 2. The molecule has 9 heteroatoms. The van der Waals surface area contributed by atoms with Crippen LogP contribution in [0.2, 0.25) is 0 Å². The second kappa shape index (κ2) is 7.28. The number of carbonyl (C=O) groups is 1. The lowest BCUT2D eigenvalue weighted by molar-refractivity contribution is 0.102. The van der Waals surface area contributed by atoms with Crippen LogP contribution in [0.5, 0.6) is 0 Å². The zero-order chi connectivity index (χ0) is 16.9. The van der Waals surface area contributed by atoms with Gasteiger partial charge in [0.2, 0.25) is 0 Å². The first-order chi connectivity index (χ1) is 11.7. The van der Waals surface area contributed by atoms with Gasteiger partial charge in [0.1, 0.15) is 5.69 Å². The van der Waals surface area contributed by atoms with Gasteiger partial charge in [0.05, 0.1) is 5.01 Å². The smallest absolute Gasteiger partial charge is 0.275 e. The quantitative estimate of drug-likeness (QED) is 0.702. The highest BCUT2D eigenvalue weighted by molar-refractivity contribution is 7.09. The normalized spacial score (nSPS) is 10.8. The summed E-state index contributed by atoms with van der Waals surface area (Å²) in [6, 6.07) is 7.40. The Labute approximate surface area is 142 Å². The lowest BCUT2D eigenvalue weighted by Crippen LogP contribution is -2.13. The first-order valence-electron chi connectivity index (χ1n) is 7.53. The third kappa shape index (κ3) is 3.47. The summed E-state index contributed by atoms with van der Waals surface area (Å²) in [6.45, 7) is 3.15. The van der Waals surface area contributed by atoms with Crippen molar-refractivity contribution in [2.24, 2.45) is 5.73 Å². The molecule has 8 nitrogen and oxygen atoms in total. The highest BCUT2D eigenvalue weighted by Crippen LogP contribution is 2.21. The number of nitrogens with two attached hydrogens (primary N) is 1. The maximum Gasteiger partial charge on any atom is 0.275 e. The lowest BCUT2D eigenvalue weighted by atomic mass is 10.2. The Morgan fingerprint density at radius 1 is 1.42 bits per heavy atom. The van der Waals surface area contributed by atoms with E-state index in [4.69, 9.17) is 5.73 Å². The monoisotopic (exact) mass is 343 g/mol. The zero-order valence-electron chi connectivity index (χ0n) is 13.1. The Morgan fingerprint density at radius 3 is 3.08 bits per heavy atom. The molecule has 0 spiro atoms. The van der Waals surface area contributed by atoms with Crippen molar-refractivity contribution >= 4 is 22.9 Å². The van der Waals surface area contributed by atoms with Crippen molar-refractivity contribution in [1.82, 2.24) is 25.2 Å². The fraction of sp³-hybridized carbons (Fsp3) is 0.267. The van der Waals surface area contributed by atoms with Crippen LogP contribution in [0.15, 0.2) is 29.6 Å². The van der Waals surface area contributed by atoms with E-state index in [1.807, 2.05) is 31.2 Å². The van der Waals surface area contributed by atoms with Crippen molar-refractivity contribution in [1.29, 1.82) is 0 Å². The number of rotatable bonds is 6. The van der Waals surface area contributed by atoms with E-state index in [1.165, 1.54) is 11.3 Å². The largest absolute Gasteiger partial charge is 0.330 e. The van der Waals surface area contributed by atoms with Gasteiger partial charge in [-0.2, -0.15) is 0 Å². The number of benzene rings is 1. The number of aromatic nitrogens is 5. The molecule has 124 valence electrons.